The Hall–Kier alpha value is -1.56. The van der Waals surface area contributed by atoms with Crippen molar-refractivity contribution < 1.29 is 1.43 Å². The van der Waals surface area contributed by atoms with Crippen molar-refractivity contribution in [1.82, 2.24) is 0 Å². The molecule has 0 aromatic heterocycles. The third-order valence-corrected chi connectivity index (χ3v) is 3.26. The molecule has 0 saturated heterocycles. The van der Waals surface area contributed by atoms with Gasteiger partial charge in [-0.2, -0.15) is 0 Å². The maximum Gasteiger partial charge on any atom is 0 e. The Morgan fingerprint density at radius 2 is 1.36 bits per heavy atom. The zero-order chi connectivity index (χ0) is 16.8. The number of hydrogen-bond donors (Lipinski definition) is 0. The van der Waals surface area contributed by atoms with Crippen LogP contribution in [0.3, 0.4) is 0 Å². The van der Waals surface area contributed by atoms with Gasteiger partial charge in [-0.25, -0.2) is 0 Å². The van der Waals surface area contributed by atoms with Gasteiger partial charge in [-0.3, -0.25) is 0 Å². The van der Waals surface area contributed by atoms with Crippen molar-refractivity contribution in [1.29, 1.82) is 0 Å². The van der Waals surface area contributed by atoms with Crippen LogP contribution in [-0.2, 0) is 19.3 Å². The third kappa shape index (κ3) is 8.02. The molecule has 0 fully saturated rings. The molecule has 0 saturated carbocycles. The highest BCUT2D eigenvalue weighted by atomic mass is 14.1. The third-order valence-electron chi connectivity index (χ3n) is 3.26. The summed E-state index contributed by atoms with van der Waals surface area (Å²) in [5.41, 5.74) is 5.78. The lowest BCUT2D eigenvalue weighted by atomic mass is 9.98. The van der Waals surface area contributed by atoms with Crippen LogP contribution in [0.1, 0.15) is 64.7 Å². The van der Waals surface area contributed by atoms with E-state index < -0.39 is 0 Å². The summed E-state index contributed by atoms with van der Waals surface area (Å²) in [6, 6.07) is 17.6. The quantitative estimate of drug-likeness (QED) is 0.568. The predicted octanol–water partition coefficient (Wildman–Crippen LogP) is 7.03. The van der Waals surface area contributed by atoms with E-state index in [0.29, 0.717) is 0 Å². The minimum absolute atomic E-state index is 0. The lowest BCUT2D eigenvalue weighted by Crippen LogP contribution is -1.96. The lowest BCUT2D eigenvalue weighted by molar-refractivity contribution is 0.929. The normalized spacial score (nSPS) is 9.18. The molecule has 0 N–H and O–H groups in total. The van der Waals surface area contributed by atoms with Crippen LogP contribution in [0.15, 0.2) is 48.5 Å². The average molecular weight is 301 g/mol. The molecule has 0 nitrogen and oxygen atoms in total. The highest BCUT2D eigenvalue weighted by Crippen LogP contribution is 2.13. The number of rotatable bonds is 4. The van der Waals surface area contributed by atoms with E-state index in [-0.39, 0.29) is 1.43 Å². The summed E-state index contributed by atoms with van der Waals surface area (Å²) in [4.78, 5) is 0. The fourth-order valence-corrected chi connectivity index (χ4v) is 2.29. The van der Waals surface area contributed by atoms with Crippen molar-refractivity contribution in [2.24, 2.45) is 0 Å². The second-order valence-corrected chi connectivity index (χ2v) is 5.32. The van der Waals surface area contributed by atoms with Crippen molar-refractivity contribution >= 4 is 0 Å². The monoisotopic (exact) mass is 300 g/mol. The molecule has 0 spiro atoms. The maximum atomic E-state index is 2.29. The molecule has 0 aliphatic carbocycles. The van der Waals surface area contributed by atoms with Crippen molar-refractivity contribution in [2.45, 2.75) is 67.2 Å². The first kappa shape index (κ1) is 20.4. The summed E-state index contributed by atoms with van der Waals surface area (Å²) in [5.74, 6) is 0. The van der Waals surface area contributed by atoms with E-state index in [1.54, 1.807) is 0 Å². The van der Waals surface area contributed by atoms with Crippen LogP contribution < -0.4 is 0 Å². The van der Waals surface area contributed by atoms with Gasteiger partial charge in [0.05, 0.1) is 0 Å². The topological polar surface area (TPSA) is 0 Å². The van der Waals surface area contributed by atoms with E-state index in [9.17, 15) is 0 Å². The molecule has 0 heterocycles. The minimum atomic E-state index is 0. The van der Waals surface area contributed by atoms with Crippen LogP contribution in [0, 0.1) is 6.92 Å². The molecule has 0 aliphatic rings. The number of hydrogen-bond acceptors (Lipinski definition) is 0. The first-order valence-electron chi connectivity index (χ1n) is 8.83. The van der Waals surface area contributed by atoms with Gasteiger partial charge in [0.1, 0.15) is 0 Å². The van der Waals surface area contributed by atoms with Crippen LogP contribution >= 0.6 is 0 Å². The van der Waals surface area contributed by atoms with Gasteiger partial charge < -0.3 is 0 Å². The highest BCUT2D eigenvalue weighted by Gasteiger charge is 2.00. The van der Waals surface area contributed by atoms with Crippen molar-refractivity contribution in [3.05, 3.63) is 70.8 Å². The van der Waals surface area contributed by atoms with Crippen molar-refractivity contribution in [2.75, 3.05) is 0 Å². The van der Waals surface area contributed by atoms with Crippen LogP contribution in [0.25, 0.3) is 0 Å². The summed E-state index contributed by atoms with van der Waals surface area (Å²) in [7, 11) is 0. The maximum absolute atomic E-state index is 2.29. The highest BCUT2D eigenvalue weighted by molar-refractivity contribution is 5.29. The Bertz CT molecular complexity index is 503. The molecule has 0 atom stereocenters. The largest absolute Gasteiger partial charge is 0.0683 e. The molecule has 0 aliphatic heterocycles. The smallest absolute Gasteiger partial charge is 0 e. The summed E-state index contributed by atoms with van der Waals surface area (Å²) in [5, 5.41) is 0. The predicted molar refractivity (Wildman–Crippen MR) is 104 cm³/mol. The molecule has 0 bridgehead atoms. The molecule has 2 rings (SSSR count). The molecular weight excluding hydrogens is 264 g/mol. The molecule has 0 radical (unpaired) electrons. The van der Waals surface area contributed by atoms with E-state index in [1.807, 2.05) is 13.8 Å². The molecule has 0 unspecified atom stereocenters. The Morgan fingerprint density at radius 3 is 1.91 bits per heavy atom. The second kappa shape index (κ2) is 13.1. The average Bonchev–Trinajstić information content (AvgIpc) is 2.56. The van der Waals surface area contributed by atoms with Crippen molar-refractivity contribution in [3.8, 4) is 0 Å². The fourth-order valence-electron chi connectivity index (χ4n) is 2.29. The molecule has 22 heavy (non-hydrogen) atoms. The molecule has 2 aromatic carbocycles. The summed E-state index contributed by atoms with van der Waals surface area (Å²) >= 11 is 0. The van der Waals surface area contributed by atoms with Gasteiger partial charge >= 0.3 is 0 Å². The molecule has 2 aromatic rings. The summed E-state index contributed by atoms with van der Waals surface area (Å²) in [6.07, 6.45) is 4.66. The van der Waals surface area contributed by atoms with E-state index in [2.05, 4.69) is 76.2 Å². The first-order chi connectivity index (χ1) is 10.7. The van der Waals surface area contributed by atoms with Gasteiger partial charge in [0.2, 0.25) is 0 Å². The molecule has 0 amide bonds. The van der Waals surface area contributed by atoms with Gasteiger partial charge in [0.15, 0.2) is 0 Å². The lowest BCUT2D eigenvalue weighted by Gasteiger charge is -2.08. The van der Waals surface area contributed by atoms with Gasteiger partial charge in [-0.15, -0.1) is 0 Å². The van der Waals surface area contributed by atoms with Crippen molar-refractivity contribution in [3.63, 3.8) is 0 Å². The Balaban J connectivity index is 0. The van der Waals surface area contributed by atoms with Gasteiger partial charge in [-0.1, -0.05) is 95.1 Å². The van der Waals surface area contributed by atoms with Gasteiger partial charge in [0, 0.05) is 1.43 Å². The Kier molecular flexibility index (Phi) is 12.2. The zero-order valence-electron chi connectivity index (χ0n) is 15.4. The number of aryl methyl sites for hydroxylation is 4. The van der Waals surface area contributed by atoms with E-state index in [4.69, 9.17) is 0 Å². The molecule has 0 heteroatoms. The first-order valence-corrected chi connectivity index (χ1v) is 8.83. The second-order valence-electron chi connectivity index (χ2n) is 5.32. The fraction of sp³-hybridized carbons (Fsp3) is 0.455. The Labute approximate surface area is 140 Å². The van der Waals surface area contributed by atoms with E-state index in [0.717, 1.165) is 19.3 Å². The number of benzene rings is 2. The van der Waals surface area contributed by atoms with Crippen LogP contribution in [0.2, 0.25) is 0 Å². The van der Waals surface area contributed by atoms with E-state index >= 15 is 0 Å². The van der Waals surface area contributed by atoms with Gasteiger partial charge in [-0.05, 0) is 42.9 Å². The molecule has 124 valence electrons. The zero-order valence-corrected chi connectivity index (χ0v) is 15.4. The standard InChI is InChI=1S/C17H20.C3H8.C2H6.H2/c1-3-16-9-4-5-10-17(16)12-11-15-8-6-7-14(2)13-15;1-3-2;1-2;/h4-10,13H,3,11-12H2,1-2H3;3H2,1-2H3;1-2H3;1H. The summed E-state index contributed by atoms with van der Waals surface area (Å²) in [6.45, 7) is 12.6. The van der Waals surface area contributed by atoms with Gasteiger partial charge in [0.25, 0.3) is 0 Å². The summed E-state index contributed by atoms with van der Waals surface area (Å²) < 4.78 is 0. The Morgan fingerprint density at radius 1 is 0.773 bits per heavy atom. The van der Waals surface area contributed by atoms with E-state index in [1.165, 1.54) is 28.7 Å². The van der Waals surface area contributed by atoms with Crippen LogP contribution in [0.5, 0.6) is 0 Å². The van der Waals surface area contributed by atoms with Crippen LogP contribution in [0.4, 0.5) is 0 Å². The SMILES string of the molecule is CC.CCC.CCc1ccccc1CCc1cccc(C)c1.[HH]. The van der Waals surface area contributed by atoms with Crippen LogP contribution in [-0.4, -0.2) is 0 Å². The minimum Gasteiger partial charge on any atom is -0.0683 e. The molecular formula is C22H36.